The number of hydrogen-bond donors (Lipinski definition) is 1. The molecule has 1 aromatic rings. The van der Waals surface area contributed by atoms with Crippen LogP contribution < -0.4 is 16.0 Å². The second-order valence-electron chi connectivity index (χ2n) is 4.91. The zero-order chi connectivity index (χ0) is 13.5. The van der Waals surface area contributed by atoms with E-state index in [-0.39, 0.29) is 5.56 Å². The Kier molecular flexibility index (Phi) is 5.42. The van der Waals surface area contributed by atoms with Gasteiger partial charge in [-0.1, -0.05) is 0 Å². The number of nitrogens with zero attached hydrogens (tertiary/aromatic N) is 2. The first-order valence-electron chi connectivity index (χ1n) is 7.06. The second kappa shape index (κ2) is 7.31. The molecule has 5 heteroatoms. The molecule has 19 heavy (non-hydrogen) atoms. The Balaban J connectivity index is 1.86. The lowest BCUT2D eigenvalue weighted by molar-refractivity contribution is 0.234. The molecule has 2 N–H and O–H groups in total. The van der Waals surface area contributed by atoms with Crippen LogP contribution >= 0.6 is 0 Å². The van der Waals surface area contributed by atoms with E-state index in [1.807, 2.05) is 6.07 Å². The van der Waals surface area contributed by atoms with Crippen molar-refractivity contribution in [2.24, 2.45) is 5.73 Å². The molecule has 0 radical (unpaired) electrons. The summed E-state index contributed by atoms with van der Waals surface area (Å²) in [5.41, 5.74) is 5.40. The first-order chi connectivity index (χ1) is 9.31. The molecule has 0 saturated carbocycles. The van der Waals surface area contributed by atoms with E-state index in [1.165, 1.54) is 12.8 Å². The number of nitrogens with two attached hydrogens (primary N) is 1. The quantitative estimate of drug-likeness (QED) is 0.787. The third-order valence-corrected chi connectivity index (χ3v) is 3.45. The number of rotatable bonds is 7. The van der Waals surface area contributed by atoms with Gasteiger partial charge in [-0.15, -0.1) is 0 Å². The van der Waals surface area contributed by atoms with Crippen LogP contribution in [-0.2, 0) is 6.54 Å². The molecular weight excluding hydrogens is 242 g/mol. The van der Waals surface area contributed by atoms with Gasteiger partial charge in [0.2, 0.25) is 0 Å². The minimum Gasteiger partial charge on any atom is -0.487 e. The van der Waals surface area contributed by atoms with Crippen LogP contribution in [0, 0.1) is 0 Å². The van der Waals surface area contributed by atoms with Gasteiger partial charge >= 0.3 is 0 Å². The number of ether oxygens (including phenoxy) is 1. The van der Waals surface area contributed by atoms with Crippen LogP contribution in [0.2, 0.25) is 0 Å². The average Bonchev–Trinajstić information content (AvgIpc) is 2.92. The van der Waals surface area contributed by atoms with Crippen molar-refractivity contribution in [3.8, 4) is 5.75 Å². The molecule has 1 aromatic heterocycles. The zero-order valence-corrected chi connectivity index (χ0v) is 11.4. The normalized spacial score (nSPS) is 15.8. The van der Waals surface area contributed by atoms with Crippen molar-refractivity contribution in [1.82, 2.24) is 9.47 Å². The van der Waals surface area contributed by atoms with Gasteiger partial charge in [0, 0.05) is 19.3 Å². The summed E-state index contributed by atoms with van der Waals surface area (Å²) in [6, 6.07) is 3.59. The number of aromatic nitrogens is 1. The van der Waals surface area contributed by atoms with Crippen molar-refractivity contribution in [2.45, 2.75) is 25.8 Å². The van der Waals surface area contributed by atoms with Crippen LogP contribution in [-0.4, -0.2) is 42.3 Å². The Bertz CT molecular complexity index is 439. The van der Waals surface area contributed by atoms with Crippen LogP contribution in [0.3, 0.4) is 0 Å². The molecule has 5 nitrogen and oxygen atoms in total. The smallest absolute Gasteiger partial charge is 0.292 e. The molecule has 1 aliphatic heterocycles. The minimum absolute atomic E-state index is 0.0580. The van der Waals surface area contributed by atoms with E-state index in [4.69, 9.17) is 10.5 Å². The molecule has 1 aliphatic rings. The summed E-state index contributed by atoms with van der Waals surface area (Å²) in [7, 11) is 0. The maximum absolute atomic E-state index is 12.1. The fourth-order valence-corrected chi connectivity index (χ4v) is 2.35. The van der Waals surface area contributed by atoms with E-state index in [2.05, 4.69) is 4.90 Å². The molecular formula is C14H23N3O2. The van der Waals surface area contributed by atoms with Crippen molar-refractivity contribution < 1.29 is 4.74 Å². The standard InChI is InChI=1S/C14H23N3O2/c15-6-4-10-17-9-3-5-13(14(17)18)19-12-11-16-7-1-2-8-16/h3,5,9H,1-2,4,6-8,10-12,15H2. The zero-order valence-electron chi connectivity index (χ0n) is 11.4. The third-order valence-electron chi connectivity index (χ3n) is 3.45. The Morgan fingerprint density at radius 1 is 1.26 bits per heavy atom. The van der Waals surface area contributed by atoms with Gasteiger partial charge in [-0.3, -0.25) is 9.69 Å². The van der Waals surface area contributed by atoms with Gasteiger partial charge < -0.3 is 15.0 Å². The molecule has 0 spiro atoms. The highest BCUT2D eigenvalue weighted by Crippen LogP contribution is 2.07. The molecule has 0 atom stereocenters. The summed E-state index contributed by atoms with van der Waals surface area (Å²) < 4.78 is 7.28. The lowest BCUT2D eigenvalue weighted by atomic mass is 10.4. The highest BCUT2D eigenvalue weighted by molar-refractivity contribution is 5.17. The maximum Gasteiger partial charge on any atom is 0.292 e. The molecule has 0 aromatic carbocycles. The predicted octanol–water partition coefficient (Wildman–Crippen LogP) is 0.672. The lowest BCUT2D eigenvalue weighted by Crippen LogP contribution is -2.27. The van der Waals surface area contributed by atoms with E-state index in [1.54, 1.807) is 16.8 Å². The number of hydrogen-bond acceptors (Lipinski definition) is 4. The average molecular weight is 265 g/mol. The van der Waals surface area contributed by atoms with Crippen LogP contribution in [0.5, 0.6) is 5.75 Å². The van der Waals surface area contributed by atoms with Crippen molar-refractivity contribution >= 4 is 0 Å². The molecule has 0 bridgehead atoms. The number of likely N-dealkylation sites (tertiary alicyclic amines) is 1. The highest BCUT2D eigenvalue weighted by atomic mass is 16.5. The maximum atomic E-state index is 12.1. The van der Waals surface area contributed by atoms with Gasteiger partial charge in [0.05, 0.1) is 0 Å². The summed E-state index contributed by atoms with van der Waals surface area (Å²) in [5.74, 6) is 0.443. The van der Waals surface area contributed by atoms with E-state index < -0.39 is 0 Å². The van der Waals surface area contributed by atoms with Crippen molar-refractivity contribution in [2.75, 3.05) is 32.8 Å². The van der Waals surface area contributed by atoms with E-state index in [0.29, 0.717) is 25.4 Å². The molecule has 1 fully saturated rings. The Labute approximate surface area is 114 Å². The monoisotopic (exact) mass is 265 g/mol. The molecule has 106 valence electrons. The first-order valence-corrected chi connectivity index (χ1v) is 7.06. The molecule has 1 saturated heterocycles. The largest absolute Gasteiger partial charge is 0.487 e. The summed E-state index contributed by atoms with van der Waals surface area (Å²) in [4.78, 5) is 14.5. The molecule has 2 heterocycles. The number of aryl methyl sites for hydroxylation is 1. The fraction of sp³-hybridized carbons (Fsp3) is 0.643. The third kappa shape index (κ3) is 4.08. The van der Waals surface area contributed by atoms with Crippen molar-refractivity contribution in [1.29, 1.82) is 0 Å². The fourth-order valence-electron chi connectivity index (χ4n) is 2.35. The number of pyridine rings is 1. The van der Waals surface area contributed by atoms with Crippen molar-refractivity contribution in [3.63, 3.8) is 0 Å². The van der Waals surface area contributed by atoms with E-state index in [0.717, 1.165) is 26.1 Å². The SMILES string of the molecule is NCCCn1cccc(OCCN2CCCC2)c1=O. The Morgan fingerprint density at radius 3 is 2.79 bits per heavy atom. The van der Waals surface area contributed by atoms with E-state index >= 15 is 0 Å². The summed E-state index contributed by atoms with van der Waals surface area (Å²) in [6.07, 6.45) is 5.14. The van der Waals surface area contributed by atoms with Gasteiger partial charge in [-0.25, -0.2) is 0 Å². The Morgan fingerprint density at radius 2 is 2.05 bits per heavy atom. The van der Waals surface area contributed by atoms with Crippen molar-refractivity contribution in [3.05, 3.63) is 28.7 Å². The van der Waals surface area contributed by atoms with Gasteiger partial charge in [0.1, 0.15) is 6.61 Å². The van der Waals surface area contributed by atoms with Crippen LogP contribution in [0.25, 0.3) is 0 Å². The molecule has 0 aliphatic carbocycles. The predicted molar refractivity (Wildman–Crippen MR) is 75.5 cm³/mol. The molecule has 2 rings (SSSR count). The second-order valence-corrected chi connectivity index (χ2v) is 4.91. The highest BCUT2D eigenvalue weighted by Gasteiger charge is 2.11. The Hall–Kier alpha value is -1.33. The molecule has 0 unspecified atom stereocenters. The summed E-state index contributed by atoms with van der Waals surface area (Å²) >= 11 is 0. The first kappa shape index (κ1) is 14.1. The van der Waals surface area contributed by atoms with Crippen LogP contribution in [0.1, 0.15) is 19.3 Å². The van der Waals surface area contributed by atoms with Crippen LogP contribution in [0.15, 0.2) is 23.1 Å². The summed E-state index contributed by atoms with van der Waals surface area (Å²) in [5, 5.41) is 0. The van der Waals surface area contributed by atoms with Gasteiger partial charge in [-0.05, 0) is 51.0 Å². The van der Waals surface area contributed by atoms with E-state index in [9.17, 15) is 4.79 Å². The molecule has 0 amide bonds. The summed E-state index contributed by atoms with van der Waals surface area (Å²) in [6.45, 7) is 5.02. The van der Waals surface area contributed by atoms with Gasteiger partial charge in [0.15, 0.2) is 5.75 Å². The van der Waals surface area contributed by atoms with Gasteiger partial charge in [-0.2, -0.15) is 0 Å². The topological polar surface area (TPSA) is 60.5 Å². The minimum atomic E-state index is -0.0580. The van der Waals surface area contributed by atoms with Gasteiger partial charge in [0.25, 0.3) is 5.56 Å². The van der Waals surface area contributed by atoms with Crippen LogP contribution in [0.4, 0.5) is 0 Å². The lowest BCUT2D eigenvalue weighted by Gasteiger charge is -2.15.